The van der Waals surface area contributed by atoms with E-state index in [4.69, 9.17) is 5.26 Å². The Morgan fingerprint density at radius 3 is 2.56 bits per heavy atom. The van der Waals surface area contributed by atoms with Crippen LogP contribution in [0.2, 0.25) is 0 Å². The Bertz CT molecular complexity index is 482. The molecule has 2 nitrogen and oxygen atoms in total. The predicted octanol–water partition coefficient (Wildman–Crippen LogP) is 3.18. The van der Waals surface area contributed by atoms with E-state index >= 15 is 0 Å². The minimum atomic E-state index is -4.54. The molecule has 16 heavy (non-hydrogen) atoms. The van der Waals surface area contributed by atoms with Crippen molar-refractivity contribution in [2.24, 2.45) is 4.99 Å². The number of halogens is 3. The van der Waals surface area contributed by atoms with Crippen molar-refractivity contribution in [2.75, 3.05) is 0 Å². The van der Waals surface area contributed by atoms with Crippen LogP contribution < -0.4 is 0 Å². The molecule has 0 bridgehead atoms. The standard InChI is InChI=1S/C10H5F3N2S/c11-10(12,13)9-3-7(5-15-6-16)1-2-8(9)4-14/h1-3H,5H2. The lowest BCUT2D eigenvalue weighted by Crippen LogP contribution is -2.08. The summed E-state index contributed by atoms with van der Waals surface area (Å²) in [6.07, 6.45) is -4.54. The number of rotatable bonds is 2. The van der Waals surface area contributed by atoms with E-state index in [0.29, 0.717) is 5.56 Å². The van der Waals surface area contributed by atoms with Gasteiger partial charge in [0.1, 0.15) is 0 Å². The summed E-state index contributed by atoms with van der Waals surface area (Å²) in [5.41, 5.74) is -1.02. The number of alkyl halides is 3. The van der Waals surface area contributed by atoms with E-state index in [-0.39, 0.29) is 6.54 Å². The molecule has 0 saturated carbocycles. The van der Waals surface area contributed by atoms with Crippen molar-refractivity contribution in [3.63, 3.8) is 0 Å². The van der Waals surface area contributed by atoms with Crippen LogP contribution >= 0.6 is 12.2 Å². The van der Waals surface area contributed by atoms with Crippen LogP contribution in [0, 0.1) is 11.3 Å². The van der Waals surface area contributed by atoms with Crippen molar-refractivity contribution in [3.8, 4) is 6.07 Å². The molecule has 0 aliphatic rings. The minimum absolute atomic E-state index is 0.0261. The number of thiocarbonyl (C=S) groups is 1. The van der Waals surface area contributed by atoms with E-state index in [9.17, 15) is 13.2 Å². The molecule has 1 aromatic carbocycles. The minimum Gasteiger partial charge on any atom is -0.228 e. The number of aliphatic imine (C=N–C) groups is 1. The first-order valence-electron chi connectivity index (χ1n) is 4.13. The molecule has 0 aliphatic carbocycles. The lowest BCUT2D eigenvalue weighted by molar-refractivity contribution is -0.137. The van der Waals surface area contributed by atoms with Crippen molar-refractivity contribution >= 4 is 17.4 Å². The SMILES string of the molecule is N#Cc1ccc(CN=C=S)cc1C(F)(F)F. The number of nitrogens with zero attached hydrogens (tertiary/aromatic N) is 2. The fourth-order valence-electron chi connectivity index (χ4n) is 1.15. The predicted molar refractivity (Wildman–Crippen MR) is 54.9 cm³/mol. The zero-order valence-corrected chi connectivity index (χ0v) is 8.69. The van der Waals surface area contributed by atoms with Gasteiger partial charge in [-0.2, -0.15) is 18.4 Å². The third kappa shape index (κ3) is 2.89. The lowest BCUT2D eigenvalue weighted by atomic mass is 10.0. The molecule has 6 heteroatoms. The maximum atomic E-state index is 12.5. The van der Waals surface area contributed by atoms with Crippen LogP contribution in [0.25, 0.3) is 0 Å². The molecule has 0 radical (unpaired) electrons. The summed E-state index contributed by atoms with van der Waals surface area (Å²) < 4.78 is 37.6. The Hall–Kier alpha value is -1.70. The quantitative estimate of drug-likeness (QED) is 0.590. The molecule has 0 N–H and O–H groups in total. The molecule has 0 spiro atoms. The van der Waals surface area contributed by atoms with Crippen LogP contribution in [0.15, 0.2) is 23.2 Å². The van der Waals surface area contributed by atoms with Gasteiger partial charge >= 0.3 is 6.18 Å². The van der Waals surface area contributed by atoms with Crippen LogP contribution in [0.4, 0.5) is 13.2 Å². The Kier molecular flexibility index (Phi) is 3.78. The maximum Gasteiger partial charge on any atom is 0.417 e. The zero-order chi connectivity index (χ0) is 12.2. The van der Waals surface area contributed by atoms with Gasteiger partial charge in [-0.25, -0.2) is 4.99 Å². The fourth-order valence-corrected chi connectivity index (χ4v) is 1.21. The molecular weight excluding hydrogens is 237 g/mol. The van der Waals surface area contributed by atoms with Gasteiger partial charge < -0.3 is 0 Å². The number of benzene rings is 1. The van der Waals surface area contributed by atoms with E-state index in [1.807, 2.05) is 0 Å². The monoisotopic (exact) mass is 242 g/mol. The topological polar surface area (TPSA) is 36.1 Å². The summed E-state index contributed by atoms with van der Waals surface area (Å²) in [5.74, 6) is 0. The average molecular weight is 242 g/mol. The summed E-state index contributed by atoms with van der Waals surface area (Å²) in [5, 5.41) is 10.6. The van der Waals surface area contributed by atoms with Gasteiger partial charge in [-0.05, 0) is 29.9 Å². The van der Waals surface area contributed by atoms with E-state index in [0.717, 1.165) is 12.1 Å². The van der Waals surface area contributed by atoms with Crippen LogP contribution in [-0.4, -0.2) is 5.16 Å². The second-order valence-electron chi connectivity index (χ2n) is 2.90. The molecule has 0 unspecified atom stereocenters. The van der Waals surface area contributed by atoms with Crippen molar-refractivity contribution in [1.82, 2.24) is 0 Å². The van der Waals surface area contributed by atoms with Gasteiger partial charge in [0.25, 0.3) is 0 Å². The summed E-state index contributed by atoms with van der Waals surface area (Å²) >= 11 is 4.31. The fraction of sp³-hybridized carbons (Fsp3) is 0.200. The van der Waals surface area contributed by atoms with Crippen molar-refractivity contribution in [3.05, 3.63) is 34.9 Å². The number of nitriles is 1. The number of hydrogen-bond acceptors (Lipinski definition) is 3. The van der Waals surface area contributed by atoms with Gasteiger partial charge in [0.2, 0.25) is 0 Å². The highest BCUT2D eigenvalue weighted by Crippen LogP contribution is 2.32. The highest BCUT2D eigenvalue weighted by Gasteiger charge is 2.33. The first-order chi connectivity index (χ1) is 7.49. The van der Waals surface area contributed by atoms with Gasteiger partial charge in [0.15, 0.2) is 0 Å². The first-order valence-corrected chi connectivity index (χ1v) is 4.53. The molecular formula is C10H5F3N2S. The normalized spacial score (nSPS) is 10.4. The molecule has 0 saturated heterocycles. The van der Waals surface area contributed by atoms with Crippen LogP contribution in [-0.2, 0) is 12.7 Å². The molecule has 0 aromatic heterocycles. The number of hydrogen-bond donors (Lipinski definition) is 0. The highest BCUT2D eigenvalue weighted by molar-refractivity contribution is 7.78. The lowest BCUT2D eigenvalue weighted by Gasteiger charge is -2.09. The second kappa shape index (κ2) is 4.88. The Morgan fingerprint density at radius 1 is 1.38 bits per heavy atom. The van der Waals surface area contributed by atoms with E-state index in [1.54, 1.807) is 0 Å². The number of isothiocyanates is 1. The molecule has 0 fully saturated rings. The molecule has 0 amide bonds. The zero-order valence-electron chi connectivity index (χ0n) is 7.88. The second-order valence-corrected chi connectivity index (χ2v) is 3.08. The van der Waals surface area contributed by atoms with Gasteiger partial charge in [-0.1, -0.05) is 6.07 Å². The highest BCUT2D eigenvalue weighted by atomic mass is 32.1. The summed E-state index contributed by atoms with van der Waals surface area (Å²) in [4.78, 5) is 3.54. The van der Waals surface area contributed by atoms with Gasteiger partial charge in [-0.15, -0.1) is 0 Å². The molecule has 0 atom stereocenters. The summed E-state index contributed by atoms with van der Waals surface area (Å²) in [6, 6.07) is 4.92. The molecule has 82 valence electrons. The Morgan fingerprint density at radius 2 is 2.06 bits per heavy atom. The van der Waals surface area contributed by atoms with Gasteiger partial charge in [0, 0.05) is 0 Å². The maximum absolute atomic E-state index is 12.5. The van der Waals surface area contributed by atoms with Crippen molar-refractivity contribution < 1.29 is 13.2 Å². The van der Waals surface area contributed by atoms with Crippen LogP contribution in [0.5, 0.6) is 0 Å². The Labute approximate surface area is 95.0 Å². The van der Waals surface area contributed by atoms with Crippen LogP contribution in [0.3, 0.4) is 0 Å². The van der Waals surface area contributed by atoms with E-state index < -0.39 is 17.3 Å². The summed E-state index contributed by atoms with van der Waals surface area (Å²) in [7, 11) is 0. The van der Waals surface area contributed by atoms with E-state index in [2.05, 4.69) is 22.4 Å². The Balaban J connectivity index is 3.23. The smallest absolute Gasteiger partial charge is 0.228 e. The molecule has 0 heterocycles. The third-order valence-corrected chi connectivity index (χ3v) is 1.97. The van der Waals surface area contributed by atoms with Gasteiger partial charge in [0.05, 0.1) is 28.9 Å². The van der Waals surface area contributed by atoms with Crippen LogP contribution in [0.1, 0.15) is 16.7 Å². The average Bonchev–Trinajstić information content (AvgIpc) is 2.24. The van der Waals surface area contributed by atoms with Gasteiger partial charge in [-0.3, -0.25) is 0 Å². The largest absolute Gasteiger partial charge is 0.417 e. The molecule has 1 rings (SSSR count). The molecule has 0 aliphatic heterocycles. The summed E-state index contributed by atoms with van der Waals surface area (Å²) in [6.45, 7) is 0.0261. The molecule has 1 aromatic rings. The van der Waals surface area contributed by atoms with E-state index in [1.165, 1.54) is 12.1 Å². The van der Waals surface area contributed by atoms with Crippen molar-refractivity contribution in [2.45, 2.75) is 12.7 Å². The van der Waals surface area contributed by atoms with Crippen molar-refractivity contribution in [1.29, 1.82) is 5.26 Å². The third-order valence-electron chi connectivity index (χ3n) is 1.84. The first kappa shape index (κ1) is 12.4.